The van der Waals surface area contributed by atoms with Gasteiger partial charge in [-0.25, -0.2) is 0 Å². The molecule has 0 amide bonds. The molecule has 25 heavy (non-hydrogen) atoms. The summed E-state index contributed by atoms with van der Waals surface area (Å²) < 4.78 is 5.62. The van der Waals surface area contributed by atoms with Crippen LogP contribution < -0.4 is 4.74 Å². The van der Waals surface area contributed by atoms with E-state index in [0.29, 0.717) is 12.8 Å². The molecule has 1 N–H and O–H groups in total. The van der Waals surface area contributed by atoms with Crippen molar-refractivity contribution in [2.24, 2.45) is 5.92 Å². The van der Waals surface area contributed by atoms with E-state index in [2.05, 4.69) is 42.2 Å². The van der Waals surface area contributed by atoms with Crippen molar-refractivity contribution >= 4 is 5.97 Å². The summed E-state index contributed by atoms with van der Waals surface area (Å²) in [5.41, 5.74) is 3.62. The van der Waals surface area contributed by atoms with Crippen molar-refractivity contribution in [2.45, 2.75) is 25.8 Å². The van der Waals surface area contributed by atoms with Crippen molar-refractivity contribution in [1.29, 1.82) is 0 Å². The van der Waals surface area contributed by atoms with Crippen LogP contribution in [0.1, 0.15) is 35.6 Å². The van der Waals surface area contributed by atoms with Crippen molar-refractivity contribution in [3.05, 3.63) is 65.2 Å². The van der Waals surface area contributed by atoms with Crippen LogP contribution in [-0.4, -0.2) is 36.2 Å². The normalized spacial score (nSPS) is 17.2. The lowest BCUT2D eigenvalue weighted by Gasteiger charge is -2.38. The average molecular weight is 339 g/mol. The lowest BCUT2D eigenvalue weighted by Crippen LogP contribution is -2.39. The van der Waals surface area contributed by atoms with Gasteiger partial charge in [0.1, 0.15) is 5.75 Å². The number of carbonyl (C=O) groups is 1. The minimum absolute atomic E-state index is 0.0760. The molecule has 3 rings (SSSR count). The van der Waals surface area contributed by atoms with Gasteiger partial charge in [0.05, 0.1) is 19.1 Å². The Bertz CT molecular complexity index is 735. The van der Waals surface area contributed by atoms with E-state index in [1.807, 2.05) is 18.2 Å². The van der Waals surface area contributed by atoms with Gasteiger partial charge in [-0.1, -0.05) is 42.5 Å². The maximum atomic E-state index is 11.3. The van der Waals surface area contributed by atoms with Gasteiger partial charge in [-0.15, -0.1) is 0 Å². The molecule has 1 aliphatic rings. The first kappa shape index (κ1) is 17.5. The van der Waals surface area contributed by atoms with Gasteiger partial charge < -0.3 is 9.84 Å². The van der Waals surface area contributed by atoms with Crippen LogP contribution in [0, 0.1) is 12.8 Å². The number of methoxy groups -OCH3 is 1. The molecule has 2 aromatic carbocycles. The fourth-order valence-corrected chi connectivity index (χ4v) is 3.75. The van der Waals surface area contributed by atoms with Crippen LogP contribution in [-0.2, 0) is 4.79 Å². The summed E-state index contributed by atoms with van der Waals surface area (Å²) >= 11 is 0. The number of hydrogen-bond donors (Lipinski definition) is 1. The van der Waals surface area contributed by atoms with Crippen LogP contribution in [0.3, 0.4) is 0 Å². The second-order valence-corrected chi connectivity index (χ2v) is 6.65. The summed E-state index contributed by atoms with van der Waals surface area (Å²) in [6, 6.07) is 16.6. The first-order valence-electron chi connectivity index (χ1n) is 8.77. The maximum Gasteiger partial charge on any atom is 0.306 e. The highest BCUT2D eigenvalue weighted by molar-refractivity contribution is 5.70. The van der Waals surface area contributed by atoms with Crippen LogP contribution in [0.5, 0.6) is 5.75 Å². The fraction of sp³-hybridized carbons (Fsp3) is 0.381. The Morgan fingerprint density at radius 2 is 1.68 bits per heavy atom. The van der Waals surface area contributed by atoms with Crippen molar-refractivity contribution in [2.75, 3.05) is 20.2 Å². The van der Waals surface area contributed by atoms with Crippen molar-refractivity contribution in [3.8, 4) is 5.75 Å². The topological polar surface area (TPSA) is 49.8 Å². The molecule has 0 saturated carbocycles. The molecule has 1 saturated heterocycles. The van der Waals surface area contributed by atoms with E-state index in [0.717, 1.165) is 24.4 Å². The molecular weight excluding hydrogens is 314 g/mol. The number of ether oxygens (including phenoxy) is 1. The number of aliphatic carboxylic acids is 1. The number of benzene rings is 2. The zero-order chi connectivity index (χ0) is 17.8. The van der Waals surface area contributed by atoms with Crippen LogP contribution >= 0.6 is 0 Å². The fourth-order valence-electron chi connectivity index (χ4n) is 3.75. The molecule has 4 nitrogen and oxygen atoms in total. The highest BCUT2D eigenvalue weighted by atomic mass is 16.5. The monoisotopic (exact) mass is 339 g/mol. The van der Waals surface area contributed by atoms with E-state index in [4.69, 9.17) is 4.74 Å². The molecule has 0 spiro atoms. The molecule has 0 radical (unpaired) electrons. The molecule has 0 aromatic heterocycles. The van der Waals surface area contributed by atoms with Crippen LogP contribution in [0.25, 0.3) is 0 Å². The number of hydrogen-bond acceptors (Lipinski definition) is 3. The molecule has 0 bridgehead atoms. The van der Waals surface area contributed by atoms with E-state index in [-0.39, 0.29) is 12.0 Å². The Hall–Kier alpha value is -2.33. The Balaban J connectivity index is 1.99. The van der Waals surface area contributed by atoms with Gasteiger partial charge in [0.2, 0.25) is 0 Å². The van der Waals surface area contributed by atoms with Crippen molar-refractivity contribution in [1.82, 2.24) is 4.90 Å². The molecular formula is C21H25NO3. The number of rotatable bonds is 5. The number of piperidine rings is 1. The van der Waals surface area contributed by atoms with E-state index in [9.17, 15) is 9.90 Å². The van der Waals surface area contributed by atoms with E-state index in [1.54, 1.807) is 7.11 Å². The zero-order valence-electron chi connectivity index (χ0n) is 14.8. The molecule has 1 heterocycles. The predicted octanol–water partition coefficient (Wildman–Crippen LogP) is 3.89. The number of carboxylic acids is 1. The van der Waals surface area contributed by atoms with Gasteiger partial charge in [0.25, 0.3) is 0 Å². The summed E-state index contributed by atoms with van der Waals surface area (Å²) in [6.07, 6.45) is 1.37. The van der Waals surface area contributed by atoms with Crippen LogP contribution in [0.2, 0.25) is 0 Å². The SMILES string of the molecule is COc1ccccc1C(c1ccccc1C)N1CCC(C(=O)O)CC1. The maximum absolute atomic E-state index is 11.3. The third-order valence-electron chi connectivity index (χ3n) is 5.16. The molecule has 1 fully saturated rings. The highest BCUT2D eigenvalue weighted by Crippen LogP contribution is 2.38. The lowest BCUT2D eigenvalue weighted by molar-refractivity contribution is -0.143. The molecule has 1 atom stereocenters. The summed E-state index contributed by atoms with van der Waals surface area (Å²) in [7, 11) is 1.70. The molecule has 2 aromatic rings. The van der Waals surface area contributed by atoms with Gasteiger partial charge in [-0.2, -0.15) is 0 Å². The quantitative estimate of drug-likeness (QED) is 0.898. The third-order valence-corrected chi connectivity index (χ3v) is 5.16. The van der Waals surface area contributed by atoms with Crippen molar-refractivity contribution in [3.63, 3.8) is 0 Å². The molecule has 0 aliphatic carbocycles. The molecule has 4 heteroatoms. The van der Waals surface area contributed by atoms with Gasteiger partial charge in [0.15, 0.2) is 0 Å². The van der Waals surface area contributed by atoms with Gasteiger partial charge >= 0.3 is 5.97 Å². The summed E-state index contributed by atoms with van der Waals surface area (Å²) in [6.45, 7) is 3.67. The van der Waals surface area contributed by atoms with Gasteiger partial charge in [-0.05, 0) is 50.0 Å². The minimum Gasteiger partial charge on any atom is -0.496 e. The minimum atomic E-state index is -0.676. The lowest BCUT2D eigenvalue weighted by atomic mass is 9.89. The number of aryl methyl sites for hydroxylation is 1. The first-order valence-corrected chi connectivity index (χ1v) is 8.77. The van der Waals surface area contributed by atoms with Crippen LogP contribution in [0.15, 0.2) is 48.5 Å². The van der Waals surface area contributed by atoms with Crippen LogP contribution in [0.4, 0.5) is 0 Å². The van der Waals surface area contributed by atoms with Gasteiger partial charge in [-0.3, -0.25) is 9.69 Å². The van der Waals surface area contributed by atoms with Crippen molar-refractivity contribution < 1.29 is 14.6 Å². The Morgan fingerprint density at radius 3 is 2.28 bits per heavy atom. The number of likely N-dealkylation sites (tertiary alicyclic amines) is 1. The second-order valence-electron chi connectivity index (χ2n) is 6.65. The summed E-state index contributed by atoms with van der Waals surface area (Å²) in [5.74, 6) is -0.0352. The number of carboxylic acid groups (broad SMARTS) is 1. The Morgan fingerprint density at radius 1 is 1.08 bits per heavy atom. The predicted molar refractivity (Wildman–Crippen MR) is 97.9 cm³/mol. The first-order chi connectivity index (χ1) is 12.1. The Labute approximate surface area is 149 Å². The highest BCUT2D eigenvalue weighted by Gasteiger charge is 2.31. The largest absolute Gasteiger partial charge is 0.496 e. The number of para-hydroxylation sites is 1. The summed E-state index contributed by atoms with van der Waals surface area (Å²) in [4.78, 5) is 13.7. The standard InChI is InChI=1S/C21H25NO3/c1-15-7-3-4-8-17(15)20(18-9-5-6-10-19(18)25-2)22-13-11-16(12-14-22)21(23)24/h3-10,16,20H,11-14H2,1-2H3,(H,23,24). The Kier molecular flexibility index (Phi) is 5.39. The molecule has 132 valence electrons. The zero-order valence-corrected chi connectivity index (χ0v) is 14.8. The van der Waals surface area contributed by atoms with E-state index >= 15 is 0 Å². The average Bonchev–Trinajstić information content (AvgIpc) is 2.64. The van der Waals surface area contributed by atoms with Gasteiger partial charge in [0, 0.05) is 5.56 Å². The van der Waals surface area contributed by atoms with E-state index < -0.39 is 5.97 Å². The molecule has 1 unspecified atom stereocenters. The third kappa shape index (κ3) is 3.69. The summed E-state index contributed by atoms with van der Waals surface area (Å²) in [5, 5.41) is 9.28. The second kappa shape index (κ2) is 7.70. The smallest absolute Gasteiger partial charge is 0.306 e. The molecule has 1 aliphatic heterocycles. The number of nitrogens with zero attached hydrogens (tertiary/aromatic N) is 1. The van der Waals surface area contributed by atoms with E-state index in [1.165, 1.54) is 11.1 Å².